The van der Waals surface area contributed by atoms with Crippen LogP contribution in [0.4, 0.5) is 11.4 Å². The molecule has 3 aromatic carbocycles. The second kappa shape index (κ2) is 8.01. The van der Waals surface area contributed by atoms with Gasteiger partial charge in [-0.2, -0.15) is 0 Å². The van der Waals surface area contributed by atoms with Crippen LogP contribution in [0, 0.1) is 5.92 Å². The minimum absolute atomic E-state index is 0.299. The zero-order valence-corrected chi connectivity index (χ0v) is 17.7. The molecule has 2 saturated heterocycles. The highest BCUT2D eigenvalue weighted by molar-refractivity contribution is 6.23. The summed E-state index contributed by atoms with van der Waals surface area (Å²) in [5, 5.41) is 1.65. The molecule has 0 saturated carbocycles. The maximum Gasteiger partial charge on any atom is 0.266 e. The van der Waals surface area contributed by atoms with Gasteiger partial charge in [-0.3, -0.25) is 14.4 Å². The lowest BCUT2D eigenvalue weighted by Crippen LogP contribution is -2.37. The highest BCUT2D eigenvalue weighted by Gasteiger charge is 2.60. The van der Waals surface area contributed by atoms with Gasteiger partial charge in [0.15, 0.2) is 6.10 Å². The predicted molar refractivity (Wildman–Crippen MR) is 119 cm³/mol. The van der Waals surface area contributed by atoms with Crippen molar-refractivity contribution in [1.29, 1.82) is 0 Å². The molecule has 0 aliphatic carbocycles. The molecule has 5 rings (SSSR count). The van der Waals surface area contributed by atoms with Crippen molar-refractivity contribution in [3.8, 4) is 11.5 Å². The fourth-order valence-electron chi connectivity index (χ4n) is 4.42. The van der Waals surface area contributed by atoms with E-state index in [1.54, 1.807) is 49.6 Å². The number of hydrogen-bond acceptors (Lipinski definition) is 6. The molecule has 0 unspecified atom stereocenters. The minimum Gasteiger partial charge on any atom is -0.497 e. The SMILES string of the molecule is COc1ccc([C@@H]2[C@@H]3C(=O)N(c4ccccc4)C(=O)[C@@H]3ON2c2ccccc2)c(OC)c1. The number of carbonyl (C=O) groups is 2. The van der Waals surface area contributed by atoms with Crippen molar-refractivity contribution in [2.75, 3.05) is 24.2 Å². The largest absolute Gasteiger partial charge is 0.497 e. The Labute approximate surface area is 185 Å². The van der Waals surface area contributed by atoms with Crippen LogP contribution in [0.25, 0.3) is 0 Å². The Morgan fingerprint density at radius 1 is 0.781 bits per heavy atom. The Morgan fingerprint density at radius 3 is 2.06 bits per heavy atom. The van der Waals surface area contributed by atoms with Gasteiger partial charge in [0.05, 0.1) is 31.6 Å². The van der Waals surface area contributed by atoms with Gasteiger partial charge in [0, 0.05) is 11.6 Å². The van der Waals surface area contributed by atoms with Crippen molar-refractivity contribution in [3.05, 3.63) is 84.4 Å². The maximum atomic E-state index is 13.6. The summed E-state index contributed by atoms with van der Waals surface area (Å²) in [7, 11) is 3.15. The lowest BCUT2D eigenvalue weighted by atomic mass is 9.90. The van der Waals surface area contributed by atoms with Gasteiger partial charge in [0.1, 0.15) is 17.4 Å². The first-order chi connectivity index (χ1) is 15.6. The molecule has 162 valence electrons. The number of carbonyl (C=O) groups excluding carboxylic acids is 2. The quantitative estimate of drug-likeness (QED) is 0.575. The Morgan fingerprint density at radius 2 is 1.44 bits per heavy atom. The second-order valence-electron chi connectivity index (χ2n) is 7.61. The van der Waals surface area contributed by atoms with Crippen molar-refractivity contribution < 1.29 is 23.9 Å². The maximum absolute atomic E-state index is 13.6. The first-order valence-electron chi connectivity index (χ1n) is 10.3. The van der Waals surface area contributed by atoms with Gasteiger partial charge in [-0.15, -0.1) is 0 Å². The van der Waals surface area contributed by atoms with Crippen LogP contribution in [-0.2, 0) is 14.4 Å². The number of rotatable bonds is 5. The number of para-hydroxylation sites is 2. The first-order valence-corrected chi connectivity index (χ1v) is 10.3. The van der Waals surface area contributed by atoms with Crippen molar-refractivity contribution in [2.45, 2.75) is 12.1 Å². The van der Waals surface area contributed by atoms with E-state index in [0.29, 0.717) is 17.2 Å². The van der Waals surface area contributed by atoms with Crippen LogP contribution in [0.1, 0.15) is 11.6 Å². The van der Waals surface area contributed by atoms with Crippen LogP contribution in [0.5, 0.6) is 11.5 Å². The molecule has 3 atom stereocenters. The molecule has 2 heterocycles. The van der Waals surface area contributed by atoms with Crippen LogP contribution in [0.3, 0.4) is 0 Å². The first kappa shape index (κ1) is 20.1. The van der Waals surface area contributed by atoms with Gasteiger partial charge in [-0.1, -0.05) is 36.4 Å². The average molecular weight is 430 g/mol. The molecule has 0 aromatic heterocycles. The lowest BCUT2D eigenvalue weighted by molar-refractivity contribution is -0.126. The number of nitrogens with zero attached hydrogens (tertiary/aromatic N) is 2. The molecule has 2 aliphatic heterocycles. The molecule has 32 heavy (non-hydrogen) atoms. The minimum atomic E-state index is -0.931. The third-order valence-electron chi connectivity index (χ3n) is 5.90. The molecule has 0 N–H and O–H groups in total. The molecule has 0 radical (unpaired) electrons. The van der Waals surface area contributed by atoms with Crippen LogP contribution in [0.15, 0.2) is 78.9 Å². The van der Waals surface area contributed by atoms with Crippen molar-refractivity contribution in [1.82, 2.24) is 0 Å². The molecule has 7 heteroatoms. The van der Waals surface area contributed by atoms with Crippen LogP contribution in [-0.4, -0.2) is 32.1 Å². The average Bonchev–Trinajstić information content (AvgIpc) is 3.35. The highest BCUT2D eigenvalue weighted by atomic mass is 16.7. The van der Waals surface area contributed by atoms with E-state index in [9.17, 15) is 9.59 Å². The molecule has 3 aromatic rings. The van der Waals surface area contributed by atoms with Gasteiger partial charge in [-0.05, 0) is 36.4 Å². The zero-order chi connectivity index (χ0) is 22.2. The fourth-order valence-corrected chi connectivity index (χ4v) is 4.42. The number of methoxy groups -OCH3 is 2. The number of fused-ring (bicyclic) bond motifs is 1. The van der Waals surface area contributed by atoms with Crippen molar-refractivity contribution in [3.63, 3.8) is 0 Å². The summed E-state index contributed by atoms with van der Waals surface area (Å²) >= 11 is 0. The summed E-state index contributed by atoms with van der Waals surface area (Å²) in [5.74, 6) is -0.218. The number of anilines is 2. The third-order valence-corrected chi connectivity index (χ3v) is 5.90. The van der Waals surface area contributed by atoms with Crippen LogP contribution < -0.4 is 19.4 Å². The van der Waals surface area contributed by atoms with Gasteiger partial charge >= 0.3 is 0 Å². The molecule has 2 amide bonds. The summed E-state index contributed by atoms with van der Waals surface area (Å²) in [4.78, 5) is 34.3. The molecule has 2 fully saturated rings. The summed E-state index contributed by atoms with van der Waals surface area (Å²) in [5.41, 5.74) is 2.02. The molecule has 7 nitrogen and oxygen atoms in total. The van der Waals surface area contributed by atoms with E-state index in [1.807, 2.05) is 48.5 Å². The normalized spacial score (nSPS) is 22.2. The predicted octanol–water partition coefficient (Wildman–Crippen LogP) is 3.75. The lowest BCUT2D eigenvalue weighted by Gasteiger charge is -2.29. The number of benzene rings is 3. The standard InChI is InChI=1S/C25H22N2O5/c1-30-18-13-14-19(20(15-18)31-2)22-21-23(32-27(22)17-11-7-4-8-12-17)25(29)26(24(21)28)16-9-5-3-6-10-16/h3-15,21-23H,1-2H3/t21-,22+,23+/m0/s1. The number of ether oxygens (including phenoxy) is 2. The van der Waals surface area contributed by atoms with Gasteiger partial charge in [0.2, 0.25) is 5.91 Å². The van der Waals surface area contributed by atoms with Gasteiger partial charge in [-0.25, -0.2) is 9.96 Å². The van der Waals surface area contributed by atoms with E-state index in [4.69, 9.17) is 14.3 Å². The fraction of sp³-hybridized carbons (Fsp3) is 0.200. The second-order valence-corrected chi connectivity index (χ2v) is 7.61. The Balaban J connectivity index is 1.63. The van der Waals surface area contributed by atoms with Gasteiger partial charge in [0.25, 0.3) is 5.91 Å². The highest BCUT2D eigenvalue weighted by Crippen LogP contribution is 2.49. The third kappa shape index (κ3) is 3.09. The number of hydroxylamine groups is 1. The van der Waals surface area contributed by atoms with Crippen molar-refractivity contribution >= 4 is 23.2 Å². The topological polar surface area (TPSA) is 68.3 Å². The van der Waals surface area contributed by atoms with Crippen LogP contribution in [0.2, 0.25) is 0 Å². The Hall–Kier alpha value is -3.84. The summed E-state index contributed by atoms with van der Waals surface area (Å²) in [6.45, 7) is 0. The molecule has 2 aliphatic rings. The molecular weight excluding hydrogens is 408 g/mol. The van der Waals surface area contributed by atoms with Gasteiger partial charge < -0.3 is 9.47 Å². The molecule has 0 spiro atoms. The van der Waals surface area contributed by atoms with E-state index < -0.39 is 18.1 Å². The van der Waals surface area contributed by atoms with E-state index in [1.165, 1.54) is 4.90 Å². The molecule has 0 bridgehead atoms. The van der Waals surface area contributed by atoms with E-state index in [2.05, 4.69) is 0 Å². The number of hydrogen-bond donors (Lipinski definition) is 0. The zero-order valence-electron chi connectivity index (χ0n) is 17.7. The molecular formula is C25H22N2O5. The van der Waals surface area contributed by atoms with E-state index in [0.717, 1.165) is 11.3 Å². The monoisotopic (exact) mass is 430 g/mol. The summed E-state index contributed by atoms with van der Waals surface area (Å²) < 4.78 is 11.0. The van der Waals surface area contributed by atoms with Crippen LogP contribution >= 0.6 is 0 Å². The number of amides is 2. The van der Waals surface area contributed by atoms with E-state index in [-0.39, 0.29) is 11.8 Å². The Kier molecular flexibility index (Phi) is 5.03. The van der Waals surface area contributed by atoms with E-state index >= 15 is 0 Å². The summed E-state index contributed by atoms with van der Waals surface area (Å²) in [6, 6.07) is 23.2. The summed E-state index contributed by atoms with van der Waals surface area (Å²) in [6.07, 6.45) is -0.931. The smallest absolute Gasteiger partial charge is 0.266 e. The van der Waals surface area contributed by atoms with Crippen molar-refractivity contribution in [2.24, 2.45) is 5.92 Å². The number of imide groups is 1. The Bertz CT molecular complexity index is 1150.